The Hall–Kier alpha value is -1.04. The minimum absolute atomic E-state index is 0.206. The number of rotatable bonds is 7. The molecule has 1 rings (SSSR count). The average Bonchev–Trinajstić information content (AvgIpc) is 2.69. The van der Waals surface area contributed by atoms with Crippen molar-refractivity contribution in [1.29, 1.82) is 0 Å². The minimum atomic E-state index is -0.284. The maximum atomic E-state index is 11.5. The summed E-state index contributed by atoms with van der Waals surface area (Å²) in [7, 11) is 3.96. The molecule has 1 heterocycles. The highest BCUT2D eigenvalue weighted by Gasteiger charge is 2.09. The number of carbonyl (C=O) groups excluding carboxylic acids is 1. The van der Waals surface area contributed by atoms with Gasteiger partial charge in [0, 0.05) is 13.1 Å². The SMILES string of the molecule is CN(C)CCOCCNC(=O)c1ccc(Cl)o1. The molecule has 5 nitrogen and oxygen atoms in total. The fraction of sp³-hybridized carbons (Fsp3) is 0.545. The molecule has 0 aliphatic carbocycles. The molecule has 1 aromatic heterocycles. The molecule has 1 aromatic rings. The molecule has 6 heteroatoms. The lowest BCUT2D eigenvalue weighted by Crippen LogP contribution is -2.28. The van der Waals surface area contributed by atoms with Gasteiger partial charge in [-0.3, -0.25) is 4.79 Å². The molecule has 0 bridgehead atoms. The van der Waals surface area contributed by atoms with E-state index in [0.29, 0.717) is 19.8 Å². The van der Waals surface area contributed by atoms with Gasteiger partial charge in [0.15, 0.2) is 11.0 Å². The fourth-order valence-electron chi connectivity index (χ4n) is 1.11. The zero-order valence-electron chi connectivity index (χ0n) is 10.0. The lowest BCUT2D eigenvalue weighted by atomic mass is 10.4. The highest BCUT2D eigenvalue weighted by Crippen LogP contribution is 2.12. The standard InChI is InChI=1S/C11H17ClN2O3/c1-14(2)6-8-16-7-5-13-11(15)9-3-4-10(12)17-9/h3-4H,5-8H2,1-2H3,(H,13,15). The first-order chi connectivity index (χ1) is 8.09. The van der Waals surface area contributed by atoms with E-state index in [-0.39, 0.29) is 16.9 Å². The largest absolute Gasteiger partial charge is 0.440 e. The molecule has 0 saturated carbocycles. The van der Waals surface area contributed by atoms with Gasteiger partial charge in [0.1, 0.15) is 0 Å². The Morgan fingerprint density at radius 2 is 2.24 bits per heavy atom. The predicted molar refractivity (Wildman–Crippen MR) is 65.4 cm³/mol. The van der Waals surface area contributed by atoms with Crippen LogP contribution in [0.5, 0.6) is 0 Å². The number of likely N-dealkylation sites (N-methyl/N-ethyl adjacent to an activating group) is 1. The molecule has 0 spiro atoms. The van der Waals surface area contributed by atoms with Crippen molar-refractivity contribution in [3.63, 3.8) is 0 Å². The van der Waals surface area contributed by atoms with Gasteiger partial charge in [-0.05, 0) is 37.8 Å². The normalized spacial score (nSPS) is 10.8. The Labute approximate surface area is 106 Å². The smallest absolute Gasteiger partial charge is 0.287 e. The van der Waals surface area contributed by atoms with E-state index in [1.165, 1.54) is 12.1 Å². The van der Waals surface area contributed by atoms with Crippen molar-refractivity contribution in [2.75, 3.05) is 40.4 Å². The Kier molecular flexibility index (Phi) is 6.04. The first-order valence-corrected chi connectivity index (χ1v) is 5.73. The van der Waals surface area contributed by atoms with Crippen LogP contribution in [0.4, 0.5) is 0 Å². The summed E-state index contributed by atoms with van der Waals surface area (Å²) in [5, 5.41) is 2.88. The van der Waals surface area contributed by atoms with Gasteiger partial charge >= 0.3 is 0 Å². The van der Waals surface area contributed by atoms with Crippen molar-refractivity contribution in [2.24, 2.45) is 0 Å². The second-order valence-electron chi connectivity index (χ2n) is 3.78. The summed E-state index contributed by atoms with van der Waals surface area (Å²) in [5.74, 6) is -0.0728. The lowest BCUT2D eigenvalue weighted by Gasteiger charge is -2.09. The zero-order valence-corrected chi connectivity index (χ0v) is 10.8. The summed E-state index contributed by atoms with van der Waals surface area (Å²) in [6, 6.07) is 3.06. The Morgan fingerprint density at radius 1 is 1.47 bits per heavy atom. The maximum absolute atomic E-state index is 11.5. The highest BCUT2D eigenvalue weighted by atomic mass is 35.5. The predicted octanol–water partition coefficient (Wildman–Crippen LogP) is 1.24. The molecule has 0 aromatic carbocycles. The number of nitrogens with zero attached hydrogens (tertiary/aromatic N) is 1. The molecule has 17 heavy (non-hydrogen) atoms. The van der Waals surface area contributed by atoms with Gasteiger partial charge < -0.3 is 19.4 Å². The minimum Gasteiger partial charge on any atom is -0.440 e. The van der Waals surface area contributed by atoms with E-state index in [9.17, 15) is 4.79 Å². The van der Waals surface area contributed by atoms with E-state index < -0.39 is 0 Å². The van der Waals surface area contributed by atoms with E-state index in [1.807, 2.05) is 19.0 Å². The van der Waals surface area contributed by atoms with Gasteiger partial charge in [0.25, 0.3) is 5.91 Å². The third-order valence-electron chi connectivity index (χ3n) is 2.01. The molecule has 0 atom stereocenters. The van der Waals surface area contributed by atoms with Crippen LogP contribution in [-0.2, 0) is 4.74 Å². The van der Waals surface area contributed by atoms with Crippen LogP contribution in [0.3, 0.4) is 0 Å². The van der Waals surface area contributed by atoms with Crippen molar-refractivity contribution < 1.29 is 13.9 Å². The number of carbonyl (C=O) groups is 1. The van der Waals surface area contributed by atoms with E-state index in [1.54, 1.807) is 0 Å². The van der Waals surface area contributed by atoms with Crippen LogP contribution in [0.2, 0.25) is 5.22 Å². The van der Waals surface area contributed by atoms with Gasteiger partial charge in [-0.1, -0.05) is 0 Å². The van der Waals surface area contributed by atoms with Crippen molar-refractivity contribution in [3.05, 3.63) is 23.1 Å². The first-order valence-electron chi connectivity index (χ1n) is 5.35. The van der Waals surface area contributed by atoms with Crippen LogP contribution < -0.4 is 5.32 Å². The third kappa shape index (κ3) is 5.72. The number of ether oxygens (including phenoxy) is 1. The molecule has 0 fully saturated rings. The quantitative estimate of drug-likeness (QED) is 0.750. The van der Waals surface area contributed by atoms with Crippen molar-refractivity contribution >= 4 is 17.5 Å². The van der Waals surface area contributed by atoms with E-state index in [2.05, 4.69) is 5.32 Å². The third-order valence-corrected chi connectivity index (χ3v) is 2.21. The molecule has 0 aliphatic rings. The number of halogens is 1. The van der Waals surface area contributed by atoms with E-state index in [4.69, 9.17) is 20.8 Å². The molecule has 1 amide bonds. The average molecular weight is 261 g/mol. The summed E-state index contributed by atoms with van der Waals surface area (Å²) < 4.78 is 10.3. The number of furan rings is 1. The Morgan fingerprint density at radius 3 is 2.82 bits per heavy atom. The van der Waals surface area contributed by atoms with Crippen molar-refractivity contribution in [3.8, 4) is 0 Å². The van der Waals surface area contributed by atoms with E-state index >= 15 is 0 Å². The molecule has 96 valence electrons. The summed E-state index contributed by atoms with van der Waals surface area (Å²) in [5.41, 5.74) is 0. The van der Waals surface area contributed by atoms with Crippen LogP contribution in [0, 0.1) is 0 Å². The van der Waals surface area contributed by atoms with Crippen LogP contribution >= 0.6 is 11.6 Å². The molecule has 0 unspecified atom stereocenters. The molecule has 0 radical (unpaired) electrons. The second kappa shape index (κ2) is 7.32. The Bertz CT molecular complexity index is 352. The molecule has 1 N–H and O–H groups in total. The lowest BCUT2D eigenvalue weighted by molar-refractivity contribution is 0.0875. The van der Waals surface area contributed by atoms with Crippen LogP contribution in [0.1, 0.15) is 10.6 Å². The molecule has 0 saturated heterocycles. The van der Waals surface area contributed by atoms with Gasteiger partial charge in [-0.15, -0.1) is 0 Å². The van der Waals surface area contributed by atoms with Crippen molar-refractivity contribution in [1.82, 2.24) is 10.2 Å². The summed E-state index contributed by atoms with van der Waals surface area (Å²) in [6.45, 7) is 2.44. The number of amides is 1. The molecular formula is C11H17ClN2O3. The molecular weight excluding hydrogens is 244 g/mol. The monoisotopic (exact) mass is 260 g/mol. The number of hydrogen-bond donors (Lipinski definition) is 1. The maximum Gasteiger partial charge on any atom is 0.287 e. The number of nitrogens with one attached hydrogen (secondary N) is 1. The second-order valence-corrected chi connectivity index (χ2v) is 4.15. The topological polar surface area (TPSA) is 54.7 Å². The summed E-state index contributed by atoms with van der Waals surface area (Å²) in [6.07, 6.45) is 0. The zero-order chi connectivity index (χ0) is 12.7. The van der Waals surface area contributed by atoms with Crippen LogP contribution in [0.25, 0.3) is 0 Å². The van der Waals surface area contributed by atoms with Gasteiger partial charge in [-0.2, -0.15) is 0 Å². The summed E-state index contributed by atoms with van der Waals surface area (Å²) >= 11 is 5.56. The first kappa shape index (κ1) is 14.0. The number of hydrogen-bond acceptors (Lipinski definition) is 4. The highest BCUT2D eigenvalue weighted by molar-refractivity contribution is 6.29. The van der Waals surface area contributed by atoms with Gasteiger partial charge in [0.2, 0.25) is 0 Å². The Balaban J connectivity index is 2.09. The van der Waals surface area contributed by atoms with Gasteiger partial charge in [-0.25, -0.2) is 0 Å². The summed E-state index contributed by atoms with van der Waals surface area (Å²) in [4.78, 5) is 13.5. The van der Waals surface area contributed by atoms with Crippen LogP contribution in [0.15, 0.2) is 16.5 Å². The van der Waals surface area contributed by atoms with E-state index in [0.717, 1.165) is 6.54 Å². The van der Waals surface area contributed by atoms with Crippen LogP contribution in [-0.4, -0.2) is 51.2 Å². The fourth-order valence-corrected chi connectivity index (χ4v) is 1.26. The van der Waals surface area contributed by atoms with Gasteiger partial charge in [0.05, 0.1) is 13.2 Å². The molecule has 0 aliphatic heterocycles. The van der Waals surface area contributed by atoms with Crippen molar-refractivity contribution in [2.45, 2.75) is 0 Å².